The van der Waals surface area contributed by atoms with Gasteiger partial charge in [-0.25, -0.2) is 0 Å². The molecule has 3 aromatic rings. The summed E-state index contributed by atoms with van der Waals surface area (Å²) in [7, 11) is 4.01. The smallest absolute Gasteiger partial charge is 0.270 e. The highest BCUT2D eigenvalue weighted by molar-refractivity contribution is 5.95. The summed E-state index contributed by atoms with van der Waals surface area (Å²) in [6, 6.07) is 15.6. The van der Waals surface area contributed by atoms with Gasteiger partial charge in [-0.3, -0.25) is 4.79 Å². The van der Waals surface area contributed by atoms with E-state index in [2.05, 4.69) is 78.1 Å². The number of nitrogens with zero attached hydrogens (tertiary/aromatic N) is 3. The Morgan fingerprint density at radius 2 is 1.93 bits per heavy atom. The van der Waals surface area contributed by atoms with Crippen molar-refractivity contribution in [2.45, 2.75) is 56.7 Å². The number of fused-ring (bicyclic) bond motifs is 2. The summed E-state index contributed by atoms with van der Waals surface area (Å²) in [4.78, 5) is 24.8. The summed E-state index contributed by atoms with van der Waals surface area (Å²) >= 11 is 0. The molecule has 2 bridgehead atoms. The van der Waals surface area contributed by atoms with Crippen molar-refractivity contribution in [3.8, 4) is 11.5 Å². The molecule has 2 fully saturated rings. The van der Waals surface area contributed by atoms with Crippen molar-refractivity contribution in [1.29, 1.82) is 0 Å². The Kier molecular flexibility index (Phi) is 5.19. The van der Waals surface area contributed by atoms with Crippen molar-refractivity contribution in [2.24, 2.45) is 5.92 Å². The lowest BCUT2D eigenvalue weighted by Gasteiger charge is -2.57. The van der Waals surface area contributed by atoms with Gasteiger partial charge in [-0.15, -0.1) is 0 Å². The Morgan fingerprint density at radius 3 is 2.70 bits per heavy atom. The number of piperazine rings is 1. The highest BCUT2D eigenvalue weighted by Crippen LogP contribution is 2.67. The number of hydrogen-bond donors (Lipinski definition) is 1. The average molecular weight is 539 g/mol. The fourth-order valence-electron chi connectivity index (χ4n) is 8.95. The number of likely N-dealkylation sites (N-methyl/N-ethyl adjacent to an activating group) is 1. The van der Waals surface area contributed by atoms with Crippen molar-refractivity contribution in [3.05, 3.63) is 76.1 Å². The van der Waals surface area contributed by atoms with Gasteiger partial charge in [-0.2, -0.15) is 0 Å². The first-order valence-corrected chi connectivity index (χ1v) is 14.8. The molecule has 5 aliphatic rings. The van der Waals surface area contributed by atoms with E-state index in [0.717, 1.165) is 60.8 Å². The molecular formula is C33H38N4O3. The molecule has 2 unspecified atom stereocenters. The van der Waals surface area contributed by atoms with Crippen LogP contribution in [0.15, 0.2) is 42.5 Å². The SMILES string of the molecule is COc1ccc2c3c1O[C@H]1c4[nH]c(C(=O)N5CCN(c6ccccc6)C(C)C5)c(C)c4CC4[C@H](C2)N(C)CC[C@@]341. The summed E-state index contributed by atoms with van der Waals surface area (Å²) in [6.07, 6.45) is 2.97. The van der Waals surface area contributed by atoms with Gasteiger partial charge in [0.15, 0.2) is 11.5 Å². The minimum atomic E-state index is -0.114. The van der Waals surface area contributed by atoms with Crippen molar-refractivity contribution in [3.63, 3.8) is 0 Å². The number of ether oxygens (including phenoxy) is 2. The quantitative estimate of drug-likeness (QED) is 0.533. The van der Waals surface area contributed by atoms with Crippen molar-refractivity contribution in [1.82, 2.24) is 14.8 Å². The highest BCUT2D eigenvalue weighted by Gasteiger charge is 2.65. The van der Waals surface area contributed by atoms with Gasteiger partial charge in [-0.05, 0) is 87.5 Å². The molecule has 0 radical (unpaired) electrons. The van der Waals surface area contributed by atoms with Crippen LogP contribution in [-0.4, -0.2) is 73.1 Å². The van der Waals surface area contributed by atoms with Gasteiger partial charge in [-0.1, -0.05) is 24.3 Å². The molecule has 3 aliphatic heterocycles. The molecule has 1 aromatic heterocycles. The zero-order valence-corrected chi connectivity index (χ0v) is 23.9. The summed E-state index contributed by atoms with van der Waals surface area (Å²) in [5.41, 5.74) is 8.18. The van der Waals surface area contributed by atoms with Crippen LogP contribution in [0.25, 0.3) is 0 Å². The molecule has 8 rings (SSSR count). The van der Waals surface area contributed by atoms with Gasteiger partial charge in [0.1, 0.15) is 11.8 Å². The number of para-hydroxylation sites is 1. The van der Waals surface area contributed by atoms with Crippen LogP contribution in [0.3, 0.4) is 0 Å². The Morgan fingerprint density at radius 1 is 1.10 bits per heavy atom. The van der Waals surface area contributed by atoms with E-state index < -0.39 is 0 Å². The number of nitrogens with one attached hydrogen (secondary N) is 1. The molecule has 2 aliphatic carbocycles. The number of anilines is 1. The topological polar surface area (TPSA) is 61.0 Å². The second-order valence-corrected chi connectivity index (χ2v) is 12.6. The number of hydrogen-bond acceptors (Lipinski definition) is 5. The standard InChI is InChI=1S/C33H38N4O3/c1-19-18-36(14-15-37(19)22-8-6-5-7-9-22)32(38)28-20(2)23-17-24-25-16-21-10-11-26(39-4)30-27(21)33(24,12-13-35(25)3)31(40-30)29(23)34-28/h5-11,19,24-25,31,34H,12-18H2,1-4H3/t19?,24?,25-,31-,33-/m0/s1. The molecule has 1 N–H and O–H groups in total. The summed E-state index contributed by atoms with van der Waals surface area (Å²) in [5, 5.41) is 0. The predicted molar refractivity (Wildman–Crippen MR) is 155 cm³/mol. The van der Waals surface area contributed by atoms with E-state index >= 15 is 0 Å². The van der Waals surface area contributed by atoms with Gasteiger partial charge in [0.2, 0.25) is 0 Å². The molecule has 5 atom stereocenters. The van der Waals surface area contributed by atoms with Crippen LogP contribution in [0.4, 0.5) is 5.69 Å². The lowest BCUT2D eigenvalue weighted by atomic mass is 9.51. The number of amides is 1. The molecule has 1 amide bonds. The lowest BCUT2D eigenvalue weighted by Crippen LogP contribution is -2.62. The zero-order valence-electron chi connectivity index (χ0n) is 23.9. The Hall–Kier alpha value is -3.45. The molecule has 208 valence electrons. The average Bonchev–Trinajstić information content (AvgIpc) is 3.49. The van der Waals surface area contributed by atoms with Crippen LogP contribution < -0.4 is 14.4 Å². The largest absolute Gasteiger partial charge is 0.493 e. The monoisotopic (exact) mass is 538 g/mol. The molecular weight excluding hydrogens is 500 g/mol. The number of aromatic amines is 1. The van der Waals surface area contributed by atoms with Crippen LogP contribution in [0, 0.1) is 12.8 Å². The third kappa shape index (κ3) is 3.07. The predicted octanol–water partition coefficient (Wildman–Crippen LogP) is 4.49. The molecule has 1 spiro atoms. The van der Waals surface area contributed by atoms with Crippen LogP contribution in [-0.2, 0) is 18.3 Å². The third-order valence-corrected chi connectivity index (χ3v) is 10.9. The number of carbonyl (C=O) groups is 1. The van der Waals surface area contributed by atoms with Crippen molar-refractivity contribution < 1.29 is 14.3 Å². The van der Waals surface area contributed by atoms with Crippen molar-refractivity contribution in [2.75, 3.05) is 45.2 Å². The van der Waals surface area contributed by atoms with E-state index in [1.807, 2.05) is 4.90 Å². The van der Waals surface area contributed by atoms with Gasteiger partial charge >= 0.3 is 0 Å². The molecule has 40 heavy (non-hydrogen) atoms. The van der Waals surface area contributed by atoms with E-state index in [1.54, 1.807) is 7.11 Å². The summed E-state index contributed by atoms with van der Waals surface area (Å²) in [6.45, 7) is 7.67. The molecule has 7 nitrogen and oxygen atoms in total. The van der Waals surface area contributed by atoms with Crippen LogP contribution in [0.5, 0.6) is 11.5 Å². The second kappa shape index (κ2) is 8.53. The minimum Gasteiger partial charge on any atom is -0.493 e. The minimum absolute atomic E-state index is 0.0743. The van der Waals surface area contributed by atoms with Crippen LogP contribution in [0.2, 0.25) is 0 Å². The zero-order chi connectivity index (χ0) is 27.3. The first kappa shape index (κ1) is 24.4. The van der Waals surface area contributed by atoms with Crippen molar-refractivity contribution >= 4 is 11.6 Å². The molecule has 0 saturated carbocycles. The van der Waals surface area contributed by atoms with Crippen LogP contribution >= 0.6 is 0 Å². The number of aromatic nitrogens is 1. The van der Waals surface area contributed by atoms with E-state index in [9.17, 15) is 4.79 Å². The number of piperidine rings is 1. The number of carbonyl (C=O) groups excluding carboxylic acids is 1. The van der Waals surface area contributed by atoms with Gasteiger partial charge < -0.3 is 29.2 Å². The maximum Gasteiger partial charge on any atom is 0.270 e. The molecule has 7 heteroatoms. The van der Waals surface area contributed by atoms with E-state index in [0.29, 0.717) is 25.0 Å². The third-order valence-electron chi connectivity index (χ3n) is 10.9. The maximum atomic E-state index is 14.1. The Labute approximate surface area is 236 Å². The molecule has 4 heterocycles. The second-order valence-electron chi connectivity index (χ2n) is 12.6. The summed E-state index contributed by atoms with van der Waals surface area (Å²) < 4.78 is 12.7. The van der Waals surface area contributed by atoms with Crippen LogP contribution in [0.1, 0.15) is 57.9 Å². The lowest BCUT2D eigenvalue weighted by molar-refractivity contribution is -0.0256. The van der Waals surface area contributed by atoms with E-state index in [4.69, 9.17) is 9.47 Å². The normalized spacial score (nSPS) is 30.0. The fraction of sp³-hybridized carbons (Fsp3) is 0.485. The van der Waals surface area contributed by atoms with Gasteiger partial charge in [0, 0.05) is 48.4 Å². The van der Waals surface area contributed by atoms with E-state index in [-0.39, 0.29) is 23.5 Å². The Bertz CT molecular complexity index is 1520. The van der Waals surface area contributed by atoms with E-state index in [1.165, 1.54) is 22.4 Å². The maximum absolute atomic E-state index is 14.1. The number of methoxy groups -OCH3 is 1. The van der Waals surface area contributed by atoms with Gasteiger partial charge in [0.05, 0.1) is 12.8 Å². The molecule has 2 aromatic carbocycles. The number of benzene rings is 2. The molecule has 2 saturated heterocycles. The number of rotatable bonds is 3. The fourth-order valence-corrected chi connectivity index (χ4v) is 8.95. The first-order valence-electron chi connectivity index (χ1n) is 14.8. The van der Waals surface area contributed by atoms with Gasteiger partial charge in [0.25, 0.3) is 5.91 Å². The summed E-state index contributed by atoms with van der Waals surface area (Å²) in [5.74, 6) is 2.32. The number of H-pyrrole nitrogens is 1. The first-order chi connectivity index (χ1) is 19.4. The number of likely N-dealkylation sites (tertiary alicyclic amines) is 1. The highest BCUT2D eigenvalue weighted by atomic mass is 16.5. The Balaban J connectivity index is 1.16.